The first-order chi connectivity index (χ1) is 9.77. The Morgan fingerprint density at radius 3 is 2.91 bits per heavy atom. The third-order valence-electron chi connectivity index (χ3n) is 4.37. The molecular weight excluding hydrogens is 323 g/mol. The van der Waals surface area contributed by atoms with E-state index in [4.69, 9.17) is 0 Å². The summed E-state index contributed by atoms with van der Waals surface area (Å²) in [5.74, 6) is 0.763. The van der Waals surface area contributed by atoms with Crippen LogP contribution in [-0.2, 0) is 6.54 Å². The molecule has 22 heavy (non-hydrogen) atoms. The first-order valence-electron chi connectivity index (χ1n) is 7.92. The number of aliphatic hydroxyl groups is 1. The van der Waals surface area contributed by atoms with Gasteiger partial charge in [0.25, 0.3) is 0 Å². The van der Waals surface area contributed by atoms with E-state index in [-0.39, 0.29) is 24.8 Å². The van der Waals surface area contributed by atoms with E-state index >= 15 is 0 Å². The largest absolute Gasteiger partial charge is 0.387 e. The lowest BCUT2D eigenvalue weighted by atomic mass is 9.94. The SMILES string of the molecule is Cl.Cl.OC1(CNCCCn2nccc2C2CC2)CCCNC1. The summed E-state index contributed by atoms with van der Waals surface area (Å²) in [6.07, 6.45) is 7.59. The summed E-state index contributed by atoms with van der Waals surface area (Å²) in [7, 11) is 0. The molecule has 7 heteroatoms. The molecule has 0 aromatic carbocycles. The van der Waals surface area contributed by atoms with Gasteiger partial charge >= 0.3 is 0 Å². The van der Waals surface area contributed by atoms with Gasteiger partial charge in [-0.1, -0.05) is 0 Å². The summed E-state index contributed by atoms with van der Waals surface area (Å²) in [5, 5.41) is 21.4. The van der Waals surface area contributed by atoms with Crippen molar-refractivity contribution in [3.63, 3.8) is 0 Å². The Hall–Kier alpha value is -0.330. The van der Waals surface area contributed by atoms with Gasteiger partial charge in [0.15, 0.2) is 0 Å². The van der Waals surface area contributed by atoms with Crippen molar-refractivity contribution in [3.05, 3.63) is 18.0 Å². The molecule has 0 amide bonds. The third-order valence-corrected chi connectivity index (χ3v) is 4.37. The highest BCUT2D eigenvalue weighted by Crippen LogP contribution is 2.39. The van der Waals surface area contributed by atoms with E-state index in [0.717, 1.165) is 44.8 Å². The molecule has 1 atom stereocenters. The van der Waals surface area contributed by atoms with Gasteiger partial charge in [-0.25, -0.2) is 0 Å². The van der Waals surface area contributed by atoms with Crippen LogP contribution in [0.5, 0.6) is 0 Å². The van der Waals surface area contributed by atoms with Crippen molar-refractivity contribution in [2.24, 2.45) is 0 Å². The normalized spacial score (nSPS) is 24.4. The minimum atomic E-state index is -0.552. The molecule has 1 aromatic heterocycles. The summed E-state index contributed by atoms with van der Waals surface area (Å²) in [5.41, 5.74) is 0.850. The van der Waals surface area contributed by atoms with Crippen LogP contribution in [0.3, 0.4) is 0 Å². The highest BCUT2D eigenvalue weighted by molar-refractivity contribution is 5.85. The Kier molecular flexibility index (Phi) is 8.14. The first kappa shape index (κ1) is 19.7. The molecule has 5 nitrogen and oxygen atoms in total. The zero-order valence-corrected chi connectivity index (χ0v) is 14.6. The predicted octanol–water partition coefficient (Wildman–Crippen LogP) is 1.70. The molecule has 128 valence electrons. The molecule has 1 unspecified atom stereocenters. The van der Waals surface area contributed by atoms with Crippen molar-refractivity contribution in [1.82, 2.24) is 20.4 Å². The number of hydrogen-bond donors (Lipinski definition) is 3. The van der Waals surface area contributed by atoms with E-state index in [1.807, 2.05) is 6.20 Å². The molecule has 1 saturated heterocycles. The standard InChI is InChI=1S/C15H26N4O.2ClH/c20-15(6-1-7-16-11-15)12-17-8-2-10-19-14(5-9-18-19)13-3-4-13;;/h5,9,13,16-17,20H,1-4,6-8,10-12H2;2*1H. The zero-order valence-electron chi connectivity index (χ0n) is 13.0. The first-order valence-corrected chi connectivity index (χ1v) is 7.92. The van der Waals surface area contributed by atoms with Crippen molar-refractivity contribution in [2.75, 3.05) is 26.2 Å². The molecular formula is C15H28Cl2N4O. The molecule has 0 spiro atoms. The summed E-state index contributed by atoms with van der Waals surface area (Å²) in [4.78, 5) is 0. The molecule has 1 aromatic rings. The summed E-state index contributed by atoms with van der Waals surface area (Å²) < 4.78 is 2.15. The van der Waals surface area contributed by atoms with Crippen LogP contribution in [0.25, 0.3) is 0 Å². The van der Waals surface area contributed by atoms with Gasteiger partial charge in [-0.15, -0.1) is 24.8 Å². The quantitative estimate of drug-likeness (QED) is 0.655. The molecule has 1 saturated carbocycles. The molecule has 3 rings (SSSR count). The highest BCUT2D eigenvalue weighted by atomic mass is 35.5. The minimum Gasteiger partial charge on any atom is -0.387 e. The second-order valence-electron chi connectivity index (χ2n) is 6.29. The van der Waals surface area contributed by atoms with Crippen molar-refractivity contribution in [3.8, 4) is 0 Å². The van der Waals surface area contributed by atoms with E-state index in [9.17, 15) is 5.11 Å². The summed E-state index contributed by atoms with van der Waals surface area (Å²) >= 11 is 0. The van der Waals surface area contributed by atoms with E-state index in [1.54, 1.807) is 0 Å². The number of halogens is 2. The average molecular weight is 351 g/mol. The number of rotatable bonds is 7. The maximum atomic E-state index is 10.3. The Balaban J connectivity index is 0.00000121. The van der Waals surface area contributed by atoms with Crippen LogP contribution >= 0.6 is 24.8 Å². The van der Waals surface area contributed by atoms with Crippen LogP contribution in [0.2, 0.25) is 0 Å². The molecule has 1 aliphatic carbocycles. The molecule has 2 aliphatic rings. The number of aromatic nitrogens is 2. The highest BCUT2D eigenvalue weighted by Gasteiger charge is 2.28. The zero-order chi connectivity index (χ0) is 13.8. The smallest absolute Gasteiger partial charge is 0.0895 e. The molecule has 2 fully saturated rings. The average Bonchev–Trinajstić information content (AvgIpc) is 3.19. The molecule has 2 heterocycles. The van der Waals surface area contributed by atoms with Crippen LogP contribution in [0.15, 0.2) is 12.3 Å². The van der Waals surface area contributed by atoms with Crippen LogP contribution < -0.4 is 10.6 Å². The van der Waals surface area contributed by atoms with Gasteiger partial charge in [0, 0.05) is 37.4 Å². The number of β-amino-alcohol motifs (C(OH)–C–C–N with tert-alkyl or cyclic N) is 1. The van der Waals surface area contributed by atoms with E-state index in [0.29, 0.717) is 13.1 Å². The van der Waals surface area contributed by atoms with Crippen LogP contribution in [0, 0.1) is 0 Å². The van der Waals surface area contributed by atoms with Gasteiger partial charge in [0.1, 0.15) is 0 Å². The lowest BCUT2D eigenvalue weighted by Gasteiger charge is -2.32. The molecule has 3 N–H and O–H groups in total. The van der Waals surface area contributed by atoms with E-state index in [1.165, 1.54) is 18.5 Å². The van der Waals surface area contributed by atoms with E-state index < -0.39 is 5.60 Å². The van der Waals surface area contributed by atoms with Gasteiger partial charge in [-0.2, -0.15) is 5.10 Å². The number of nitrogens with zero attached hydrogens (tertiary/aromatic N) is 2. The minimum absolute atomic E-state index is 0. The fraction of sp³-hybridized carbons (Fsp3) is 0.800. The summed E-state index contributed by atoms with van der Waals surface area (Å²) in [6, 6.07) is 2.15. The van der Waals surface area contributed by atoms with E-state index in [2.05, 4.69) is 26.5 Å². The monoisotopic (exact) mass is 350 g/mol. The topological polar surface area (TPSA) is 62.1 Å². The van der Waals surface area contributed by atoms with Gasteiger partial charge in [0.2, 0.25) is 0 Å². The lowest BCUT2D eigenvalue weighted by Crippen LogP contribution is -2.52. The Morgan fingerprint density at radius 2 is 2.23 bits per heavy atom. The molecule has 1 aliphatic heterocycles. The third kappa shape index (κ3) is 5.39. The Labute approximate surface area is 145 Å². The second kappa shape index (κ2) is 9.08. The van der Waals surface area contributed by atoms with Crippen LogP contribution in [0.4, 0.5) is 0 Å². The number of nitrogens with one attached hydrogen (secondary N) is 2. The summed E-state index contributed by atoms with van der Waals surface area (Å²) in [6.45, 7) is 4.35. The number of aryl methyl sites for hydroxylation is 1. The van der Waals surface area contributed by atoms with Gasteiger partial charge in [-0.05, 0) is 51.3 Å². The maximum Gasteiger partial charge on any atom is 0.0895 e. The van der Waals surface area contributed by atoms with Gasteiger partial charge in [0.05, 0.1) is 5.60 Å². The van der Waals surface area contributed by atoms with Crippen molar-refractivity contribution < 1.29 is 5.11 Å². The van der Waals surface area contributed by atoms with Crippen molar-refractivity contribution >= 4 is 24.8 Å². The van der Waals surface area contributed by atoms with Gasteiger partial charge < -0.3 is 15.7 Å². The van der Waals surface area contributed by atoms with Crippen molar-refractivity contribution in [2.45, 2.75) is 50.2 Å². The lowest BCUT2D eigenvalue weighted by molar-refractivity contribution is 0.0172. The van der Waals surface area contributed by atoms with Crippen molar-refractivity contribution in [1.29, 1.82) is 0 Å². The fourth-order valence-electron chi connectivity index (χ4n) is 3.03. The Bertz CT molecular complexity index is 431. The van der Waals surface area contributed by atoms with Crippen LogP contribution in [0.1, 0.15) is 43.7 Å². The number of piperidine rings is 1. The molecule has 0 bridgehead atoms. The number of hydrogen-bond acceptors (Lipinski definition) is 4. The Morgan fingerprint density at radius 1 is 1.41 bits per heavy atom. The molecule has 0 radical (unpaired) electrons. The maximum absolute atomic E-state index is 10.3. The second-order valence-corrected chi connectivity index (χ2v) is 6.29. The predicted molar refractivity (Wildman–Crippen MR) is 93.2 cm³/mol. The van der Waals surface area contributed by atoms with Gasteiger partial charge in [-0.3, -0.25) is 4.68 Å². The van der Waals surface area contributed by atoms with Crippen LogP contribution in [-0.4, -0.2) is 46.7 Å². The fourth-order valence-corrected chi connectivity index (χ4v) is 3.03.